The van der Waals surface area contributed by atoms with Crippen molar-refractivity contribution in [2.45, 2.75) is 0 Å². The quantitative estimate of drug-likeness (QED) is 0.535. The lowest BCUT2D eigenvalue weighted by Gasteiger charge is -2.08. The molecule has 4 heteroatoms. The van der Waals surface area contributed by atoms with Crippen LogP contribution in [0.25, 0.3) is 22.0 Å². The average molecular weight is 338 g/mol. The summed E-state index contributed by atoms with van der Waals surface area (Å²) in [6, 6.07) is 16.6. The molecular formula is C22H14N2O2. The van der Waals surface area contributed by atoms with Gasteiger partial charge in [0.1, 0.15) is 0 Å². The molecule has 2 aromatic carbocycles. The SMILES string of the molecule is O=C(O)c1cccc(C#Cc2ccncc2)c1-c1c[nH]c2ccccc12. The highest BCUT2D eigenvalue weighted by Gasteiger charge is 2.17. The first-order chi connectivity index (χ1) is 12.7. The Balaban J connectivity index is 1.95. The lowest BCUT2D eigenvalue weighted by atomic mass is 9.94. The minimum atomic E-state index is -0.974. The zero-order chi connectivity index (χ0) is 17.9. The van der Waals surface area contributed by atoms with Crippen LogP contribution in [0, 0.1) is 11.8 Å². The van der Waals surface area contributed by atoms with E-state index in [1.165, 1.54) is 0 Å². The second kappa shape index (κ2) is 6.58. The smallest absolute Gasteiger partial charge is 0.336 e. The fourth-order valence-corrected chi connectivity index (χ4v) is 2.98. The van der Waals surface area contributed by atoms with Gasteiger partial charge >= 0.3 is 5.97 Å². The summed E-state index contributed by atoms with van der Waals surface area (Å²) in [6.45, 7) is 0. The molecule has 2 aromatic heterocycles. The molecule has 124 valence electrons. The minimum absolute atomic E-state index is 0.233. The first-order valence-electron chi connectivity index (χ1n) is 8.09. The van der Waals surface area contributed by atoms with E-state index < -0.39 is 5.97 Å². The Morgan fingerprint density at radius 2 is 1.77 bits per heavy atom. The Morgan fingerprint density at radius 3 is 2.58 bits per heavy atom. The van der Waals surface area contributed by atoms with Crippen LogP contribution in [0.5, 0.6) is 0 Å². The van der Waals surface area contributed by atoms with E-state index in [-0.39, 0.29) is 5.56 Å². The van der Waals surface area contributed by atoms with Crippen molar-refractivity contribution in [1.82, 2.24) is 9.97 Å². The second-order valence-corrected chi connectivity index (χ2v) is 5.77. The lowest BCUT2D eigenvalue weighted by molar-refractivity contribution is 0.0697. The predicted molar refractivity (Wildman–Crippen MR) is 101 cm³/mol. The molecule has 4 rings (SSSR count). The van der Waals surface area contributed by atoms with Gasteiger partial charge in [-0.1, -0.05) is 36.1 Å². The summed E-state index contributed by atoms with van der Waals surface area (Å²) in [5.41, 5.74) is 4.14. The Morgan fingerprint density at radius 1 is 0.962 bits per heavy atom. The van der Waals surface area contributed by atoms with E-state index in [1.807, 2.05) is 48.7 Å². The standard InChI is InChI=1S/C22H14N2O2/c25-22(26)18-6-3-4-16(9-8-15-10-12-23-13-11-15)21(18)19-14-24-20-7-2-1-5-17(19)20/h1-7,10-14,24H,(H,25,26). The van der Waals surface area contributed by atoms with Crippen molar-refractivity contribution in [3.05, 3.63) is 89.9 Å². The van der Waals surface area contributed by atoms with Crippen molar-refractivity contribution in [3.8, 4) is 23.0 Å². The van der Waals surface area contributed by atoms with Gasteiger partial charge in [0.2, 0.25) is 0 Å². The number of nitrogens with zero attached hydrogens (tertiary/aromatic N) is 1. The van der Waals surface area contributed by atoms with E-state index in [0.29, 0.717) is 11.1 Å². The van der Waals surface area contributed by atoms with Crippen molar-refractivity contribution < 1.29 is 9.90 Å². The molecule has 0 aliphatic rings. The van der Waals surface area contributed by atoms with Gasteiger partial charge in [0.25, 0.3) is 0 Å². The third-order valence-corrected chi connectivity index (χ3v) is 4.18. The van der Waals surface area contributed by atoms with Gasteiger partial charge in [-0.05, 0) is 30.3 Å². The Bertz CT molecular complexity index is 1160. The van der Waals surface area contributed by atoms with Crippen molar-refractivity contribution in [2.24, 2.45) is 0 Å². The number of rotatable bonds is 2. The van der Waals surface area contributed by atoms with Crippen LogP contribution in [0.1, 0.15) is 21.5 Å². The van der Waals surface area contributed by atoms with Gasteiger partial charge in [-0.2, -0.15) is 0 Å². The summed E-state index contributed by atoms with van der Waals surface area (Å²) >= 11 is 0. The third kappa shape index (κ3) is 2.83. The molecule has 0 bridgehead atoms. The van der Waals surface area contributed by atoms with Crippen LogP contribution in [-0.2, 0) is 0 Å². The van der Waals surface area contributed by atoms with Gasteiger partial charge in [-0.3, -0.25) is 4.98 Å². The number of carboxylic acid groups (broad SMARTS) is 1. The number of H-pyrrole nitrogens is 1. The lowest BCUT2D eigenvalue weighted by Crippen LogP contribution is -2.01. The molecule has 0 unspecified atom stereocenters. The summed E-state index contributed by atoms with van der Waals surface area (Å²) in [5.74, 6) is 5.23. The van der Waals surface area contributed by atoms with Gasteiger partial charge in [-0.25, -0.2) is 4.79 Å². The van der Waals surface area contributed by atoms with E-state index in [9.17, 15) is 9.90 Å². The number of carbonyl (C=O) groups is 1. The maximum Gasteiger partial charge on any atom is 0.336 e. The Labute approximate surface area is 150 Å². The number of para-hydroxylation sites is 1. The summed E-state index contributed by atoms with van der Waals surface area (Å²) in [4.78, 5) is 19.0. The molecule has 0 radical (unpaired) electrons. The number of aromatic amines is 1. The van der Waals surface area contributed by atoms with E-state index in [2.05, 4.69) is 21.8 Å². The number of carboxylic acids is 1. The second-order valence-electron chi connectivity index (χ2n) is 5.77. The molecule has 0 aliphatic carbocycles. The van der Waals surface area contributed by atoms with Crippen LogP contribution in [0.2, 0.25) is 0 Å². The average Bonchev–Trinajstić information content (AvgIpc) is 3.10. The molecule has 0 saturated carbocycles. The molecule has 0 atom stereocenters. The number of hydrogen-bond acceptors (Lipinski definition) is 2. The summed E-state index contributed by atoms with van der Waals surface area (Å²) in [6.07, 6.45) is 5.20. The van der Waals surface area contributed by atoms with Gasteiger partial charge in [0, 0.05) is 51.7 Å². The summed E-state index contributed by atoms with van der Waals surface area (Å²) < 4.78 is 0. The molecule has 26 heavy (non-hydrogen) atoms. The molecule has 0 aliphatic heterocycles. The maximum atomic E-state index is 11.8. The van der Waals surface area contributed by atoms with Gasteiger partial charge in [-0.15, -0.1) is 0 Å². The van der Waals surface area contributed by atoms with Crippen LogP contribution in [0.3, 0.4) is 0 Å². The van der Waals surface area contributed by atoms with Crippen LogP contribution >= 0.6 is 0 Å². The van der Waals surface area contributed by atoms with Gasteiger partial charge < -0.3 is 10.1 Å². The third-order valence-electron chi connectivity index (χ3n) is 4.18. The molecule has 0 saturated heterocycles. The fraction of sp³-hybridized carbons (Fsp3) is 0. The predicted octanol–water partition coefficient (Wildman–Crippen LogP) is 4.33. The molecule has 2 N–H and O–H groups in total. The van der Waals surface area contributed by atoms with Crippen LogP contribution in [0.4, 0.5) is 0 Å². The number of nitrogens with one attached hydrogen (secondary N) is 1. The zero-order valence-corrected chi connectivity index (χ0v) is 13.7. The first kappa shape index (κ1) is 15.7. The molecular weight excluding hydrogens is 324 g/mol. The number of fused-ring (bicyclic) bond motifs is 1. The molecule has 0 amide bonds. The number of aromatic nitrogens is 2. The highest BCUT2D eigenvalue weighted by molar-refractivity contribution is 6.04. The van der Waals surface area contributed by atoms with E-state index in [4.69, 9.17) is 0 Å². The van der Waals surface area contributed by atoms with Crippen molar-refractivity contribution in [3.63, 3.8) is 0 Å². The fourth-order valence-electron chi connectivity index (χ4n) is 2.98. The van der Waals surface area contributed by atoms with Crippen LogP contribution < -0.4 is 0 Å². The Hall–Kier alpha value is -3.84. The Kier molecular flexibility index (Phi) is 3.97. The van der Waals surface area contributed by atoms with Crippen molar-refractivity contribution in [1.29, 1.82) is 0 Å². The molecule has 4 nitrogen and oxygen atoms in total. The topological polar surface area (TPSA) is 66.0 Å². The molecule has 4 aromatic rings. The number of benzene rings is 2. The minimum Gasteiger partial charge on any atom is -0.478 e. The van der Waals surface area contributed by atoms with E-state index in [0.717, 1.165) is 22.0 Å². The van der Waals surface area contributed by atoms with Crippen molar-refractivity contribution >= 4 is 16.9 Å². The zero-order valence-electron chi connectivity index (χ0n) is 13.7. The summed E-state index contributed by atoms with van der Waals surface area (Å²) in [5, 5.41) is 10.6. The van der Waals surface area contributed by atoms with E-state index in [1.54, 1.807) is 24.5 Å². The van der Waals surface area contributed by atoms with Crippen LogP contribution in [-0.4, -0.2) is 21.0 Å². The largest absolute Gasteiger partial charge is 0.478 e. The first-order valence-corrected chi connectivity index (χ1v) is 8.09. The number of pyridine rings is 1. The molecule has 2 heterocycles. The molecule has 0 spiro atoms. The van der Waals surface area contributed by atoms with Gasteiger partial charge in [0.05, 0.1) is 5.56 Å². The van der Waals surface area contributed by atoms with Gasteiger partial charge in [0.15, 0.2) is 0 Å². The normalized spacial score (nSPS) is 10.3. The van der Waals surface area contributed by atoms with E-state index >= 15 is 0 Å². The summed E-state index contributed by atoms with van der Waals surface area (Å²) in [7, 11) is 0. The monoisotopic (exact) mass is 338 g/mol. The maximum absolute atomic E-state index is 11.8. The highest BCUT2D eigenvalue weighted by atomic mass is 16.4. The van der Waals surface area contributed by atoms with Crippen LogP contribution in [0.15, 0.2) is 73.2 Å². The highest BCUT2D eigenvalue weighted by Crippen LogP contribution is 2.33. The number of hydrogen-bond donors (Lipinski definition) is 2. The number of aromatic carboxylic acids is 1. The molecule has 0 fully saturated rings. The van der Waals surface area contributed by atoms with Crippen molar-refractivity contribution in [2.75, 3.05) is 0 Å².